The maximum absolute atomic E-state index is 13.2. The predicted octanol–water partition coefficient (Wildman–Crippen LogP) is 5.03. The number of hydrogen-bond donors (Lipinski definition) is 1. The minimum absolute atomic E-state index is 0.197. The Labute approximate surface area is 157 Å². The molecule has 0 amide bonds. The summed E-state index contributed by atoms with van der Waals surface area (Å²) < 4.78 is 39.5. The summed E-state index contributed by atoms with van der Waals surface area (Å²) in [5.74, 6) is 0. The van der Waals surface area contributed by atoms with Crippen molar-refractivity contribution in [3.8, 4) is 0 Å². The minimum atomic E-state index is -4.40. The maximum Gasteiger partial charge on any atom is 0.416 e. The van der Waals surface area contributed by atoms with Crippen molar-refractivity contribution in [2.24, 2.45) is 0 Å². The Morgan fingerprint density at radius 3 is 2.26 bits per heavy atom. The number of alkyl halides is 3. The third kappa shape index (κ3) is 3.50. The molecule has 0 spiro atoms. The molecule has 2 aromatic rings. The molecular formula is C22H24F3NO. The van der Waals surface area contributed by atoms with Crippen molar-refractivity contribution in [3.05, 3.63) is 70.8 Å². The lowest BCUT2D eigenvalue weighted by Gasteiger charge is -2.44. The summed E-state index contributed by atoms with van der Waals surface area (Å²) in [6.45, 7) is 2.61. The number of aryl methyl sites for hydroxylation is 1. The fourth-order valence-corrected chi connectivity index (χ4v) is 4.89. The molecular weight excluding hydrogens is 351 g/mol. The Kier molecular flexibility index (Phi) is 4.55. The fraction of sp³-hybridized carbons (Fsp3) is 0.455. The van der Waals surface area contributed by atoms with Gasteiger partial charge >= 0.3 is 6.18 Å². The molecule has 0 saturated carbocycles. The smallest absolute Gasteiger partial charge is 0.385 e. The summed E-state index contributed by atoms with van der Waals surface area (Å²) >= 11 is 0. The van der Waals surface area contributed by atoms with E-state index in [-0.39, 0.29) is 12.1 Å². The molecule has 2 heterocycles. The van der Waals surface area contributed by atoms with Gasteiger partial charge in [-0.3, -0.25) is 4.90 Å². The van der Waals surface area contributed by atoms with Gasteiger partial charge in [0.15, 0.2) is 0 Å². The number of nitrogens with zero attached hydrogens (tertiary/aromatic N) is 1. The molecule has 2 saturated heterocycles. The molecule has 4 rings (SSSR count). The first-order chi connectivity index (χ1) is 12.8. The Balaban J connectivity index is 1.60. The standard InChI is InChI=1S/C22H24F3NO/c1-15-7-8-17(22(23,24)25)11-20(15)21(27)12-18-9-10-19(13-21)26(18)14-16-5-3-2-4-6-16/h2-8,11,18-19,27H,9-10,12-14H2,1H3. The van der Waals surface area contributed by atoms with Crippen LogP contribution in [0, 0.1) is 6.92 Å². The summed E-state index contributed by atoms with van der Waals surface area (Å²) in [7, 11) is 0. The van der Waals surface area contributed by atoms with E-state index in [1.807, 2.05) is 18.2 Å². The zero-order valence-corrected chi connectivity index (χ0v) is 15.3. The van der Waals surface area contributed by atoms with Crippen LogP contribution in [0.3, 0.4) is 0 Å². The van der Waals surface area contributed by atoms with Crippen LogP contribution < -0.4 is 0 Å². The van der Waals surface area contributed by atoms with E-state index in [1.54, 1.807) is 6.92 Å². The highest BCUT2D eigenvalue weighted by atomic mass is 19.4. The molecule has 0 radical (unpaired) electrons. The highest BCUT2D eigenvalue weighted by Crippen LogP contribution is 2.47. The first-order valence-electron chi connectivity index (χ1n) is 9.47. The number of aliphatic hydroxyl groups is 1. The van der Waals surface area contributed by atoms with Gasteiger partial charge in [-0.05, 0) is 61.4 Å². The van der Waals surface area contributed by atoms with Crippen molar-refractivity contribution >= 4 is 0 Å². The van der Waals surface area contributed by atoms with Gasteiger partial charge in [0.05, 0.1) is 11.2 Å². The van der Waals surface area contributed by atoms with Crippen molar-refractivity contribution in [3.63, 3.8) is 0 Å². The molecule has 1 N–H and O–H groups in total. The van der Waals surface area contributed by atoms with E-state index in [0.29, 0.717) is 18.4 Å². The van der Waals surface area contributed by atoms with Gasteiger partial charge in [0.2, 0.25) is 0 Å². The number of fused-ring (bicyclic) bond motifs is 2. The van der Waals surface area contributed by atoms with Gasteiger partial charge in [-0.1, -0.05) is 36.4 Å². The van der Waals surface area contributed by atoms with Crippen LogP contribution in [0.15, 0.2) is 48.5 Å². The summed E-state index contributed by atoms with van der Waals surface area (Å²) in [5, 5.41) is 11.4. The molecule has 5 heteroatoms. The quantitative estimate of drug-likeness (QED) is 0.813. The van der Waals surface area contributed by atoms with E-state index in [2.05, 4.69) is 17.0 Å². The second-order valence-electron chi connectivity index (χ2n) is 8.01. The molecule has 2 unspecified atom stereocenters. The second-order valence-corrected chi connectivity index (χ2v) is 8.01. The molecule has 0 aromatic heterocycles. The van der Waals surface area contributed by atoms with Crippen LogP contribution in [-0.2, 0) is 18.3 Å². The monoisotopic (exact) mass is 375 g/mol. The van der Waals surface area contributed by atoms with Gasteiger partial charge in [0.1, 0.15) is 0 Å². The number of halogens is 3. The van der Waals surface area contributed by atoms with Crippen LogP contribution in [0.4, 0.5) is 13.2 Å². The normalized spacial score (nSPS) is 28.5. The summed E-state index contributed by atoms with van der Waals surface area (Å²) in [6, 6.07) is 14.3. The highest BCUT2D eigenvalue weighted by molar-refractivity contribution is 5.38. The van der Waals surface area contributed by atoms with Crippen molar-refractivity contribution < 1.29 is 18.3 Å². The topological polar surface area (TPSA) is 23.5 Å². The van der Waals surface area contributed by atoms with E-state index >= 15 is 0 Å². The summed E-state index contributed by atoms with van der Waals surface area (Å²) in [5.41, 5.74) is 0.519. The lowest BCUT2D eigenvalue weighted by molar-refractivity contribution is -0.137. The van der Waals surface area contributed by atoms with E-state index < -0.39 is 17.3 Å². The van der Waals surface area contributed by atoms with Gasteiger partial charge < -0.3 is 5.11 Å². The Bertz CT molecular complexity index is 804. The van der Waals surface area contributed by atoms with E-state index in [0.717, 1.165) is 37.1 Å². The number of piperidine rings is 1. The molecule has 144 valence electrons. The van der Waals surface area contributed by atoms with Gasteiger partial charge in [0, 0.05) is 18.6 Å². The van der Waals surface area contributed by atoms with Crippen LogP contribution in [-0.4, -0.2) is 22.1 Å². The minimum Gasteiger partial charge on any atom is -0.385 e. The average Bonchev–Trinajstić information content (AvgIpc) is 2.86. The molecule has 2 aliphatic heterocycles. The van der Waals surface area contributed by atoms with Crippen LogP contribution in [0.2, 0.25) is 0 Å². The van der Waals surface area contributed by atoms with Gasteiger partial charge in [-0.25, -0.2) is 0 Å². The molecule has 2 aromatic carbocycles. The van der Waals surface area contributed by atoms with Crippen LogP contribution >= 0.6 is 0 Å². The Morgan fingerprint density at radius 2 is 1.67 bits per heavy atom. The lowest BCUT2D eigenvalue weighted by atomic mass is 9.78. The van der Waals surface area contributed by atoms with Crippen LogP contribution in [0.25, 0.3) is 0 Å². The molecule has 2 aliphatic rings. The maximum atomic E-state index is 13.2. The average molecular weight is 375 g/mol. The number of hydrogen-bond acceptors (Lipinski definition) is 2. The molecule has 2 atom stereocenters. The Morgan fingerprint density at radius 1 is 1.04 bits per heavy atom. The van der Waals surface area contributed by atoms with Gasteiger partial charge in [0.25, 0.3) is 0 Å². The van der Waals surface area contributed by atoms with E-state index in [9.17, 15) is 18.3 Å². The van der Waals surface area contributed by atoms with Crippen molar-refractivity contribution in [2.45, 2.75) is 63.0 Å². The molecule has 2 fully saturated rings. The second kappa shape index (κ2) is 6.64. The summed E-state index contributed by atoms with van der Waals surface area (Å²) in [4.78, 5) is 2.42. The molecule has 2 bridgehead atoms. The zero-order chi connectivity index (χ0) is 19.2. The van der Waals surface area contributed by atoms with Crippen molar-refractivity contribution in [1.82, 2.24) is 4.90 Å². The zero-order valence-electron chi connectivity index (χ0n) is 15.3. The summed E-state index contributed by atoms with van der Waals surface area (Å²) in [6.07, 6.45) is -1.46. The molecule has 2 nitrogen and oxygen atoms in total. The highest BCUT2D eigenvalue weighted by Gasteiger charge is 2.49. The van der Waals surface area contributed by atoms with E-state index in [4.69, 9.17) is 0 Å². The van der Waals surface area contributed by atoms with E-state index in [1.165, 1.54) is 11.6 Å². The number of benzene rings is 2. The van der Waals surface area contributed by atoms with Crippen LogP contribution in [0.1, 0.15) is 47.9 Å². The number of rotatable bonds is 3. The fourth-order valence-electron chi connectivity index (χ4n) is 4.89. The Hall–Kier alpha value is -1.85. The van der Waals surface area contributed by atoms with Crippen molar-refractivity contribution in [2.75, 3.05) is 0 Å². The lowest BCUT2D eigenvalue weighted by Crippen LogP contribution is -2.49. The predicted molar refractivity (Wildman–Crippen MR) is 98.1 cm³/mol. The molecule has 27 heavy (non-hydrogen) atoms. The van der Waals surface area contributed by atoms with Gasteiger partial charge in [-0.2, -0.15) is 13.2 Å². The van der Waals surface area contributed by atoms with Gasteiger partial charge in [-0.15, -0.1) is 0 Å². The largest absolute Gasteiger partial charge is 0.416 e. The van der Waals surface area contributed by atoms with Crippen molar-refractivity contribution in [1.29, 1.82) is 0 Å². The van der Waals surface area contributed by atoms with Crippen LogP contribution in [0.5, 0.6) is 0 Å². The third-order valence-corrected chi connectivity index (χ3v) is 6.19. The SMILES string of the molecule is Cc1ccc(C(F)(F)F)cc1C1(O)CC2CCC(C1)N2Cc1ccccc1. The molecule has 0 aliphatic carbocycles. The third-order valence-electron chi connectivity index (χ3n) is 6.19. The first kappa shape index (κ1) is 18.5. The first-order valence-corrected chi connectivity index (χ1v) is 9.47.